The molecule has 1 aromatic carbocycles. The van der Waals surface area contributed by atoms with E-state index >= 15 is 0 Å². The SMILES string of the molecule is Cc1cc(C(=O)Nc2ccc(C(=O)N3CCCC3)cc2C)n(C)n1. The number of amides is 2. The van der Waals surface area contributed by atoms with Crippen LogP contribution in [0, 0.1) is 13.8 Å². The van der Waals surface area contributed by atoms with E-state index in [1.165, 1.54) is 0 Å². The summed E-state index contributed by atoms with van der Waals surface area (Å²) in [5.74, 6) is -0.143. The summed E-state index contributed by atoms with van der Waals surface area (Å²) in [7, 11) is 1.74. The Kier molecular flexibility index (Phi) is 4.38. The fraction of sp³-hybridized carbons (Fsp3) is 0.389. The monoisotopic (exact) mass is 326 g/mol. The molecular weight excluding hydrogens is 304 g/mol. The highest BCUT2D eigenvalue weighted by molar-refractivity contribution is 6.04. The van der Waals surface area contributed by atoms with E-state index < -0.39 is 0 Å². The minimum atomic E-state index is -0.209. The van der Waals surface area contributed by atoms with Crippen LogP contribution in [0.25, 0.3) is 0 Å². The summed E-state index contributed by atoms with van der Waals surface area (Å²) < 4.78 is 1.56. The number of rotatable bonds is 3. The van der Waals surface area contributed by atoms with Crippen LogP contribution >= 0.6 is 0 Å². The quantitative estimate of drug-likeness (QED) is 0.942. The molecule has 1 aromatic heterocycles. The molecule has 1 saturated heterocycles. The van der Waals surface area contributed by atoms with Gasteiger partial charge in [-0.2, -0.15) is 5.10 Å². The zero-order chi connectivity index (χ0) is 17.3. The lowest BCUT2D eigenvalue weighted by Crippen LogP contribution is -2.27. The van der Waals surface area contributed by atoms with Crippen molar-refractivity contribution >= 4 is 17.5 Å². The van der Waals surface area contributed by atoms with E-state index in [4.69, 9.17) is 0 Å². The second-order valence-electron chi connectivity index (χ2n) is 6.28. The first kappa shape index (κ1) is 16.2. The molecule has 1 aliphatic rings. The van der Waals surface area contributed by atoms with E-state index in [-0.39, 0.29) is 11.8 Å². The molecule has 0 atom stereocenters. The molecule has 0 unspecified atom stereocenters. The second kappa shape index (κ2) is 6.47. The van der Waals surface area contributed by atoms with Crippen molar-refractivity contribution in [3.8, 4) is 0 Å². The van der Waals surface area contributed by atoms with Crippen LogP contribution in [-0.2, 0) is 7.05 Å². The Morgan fingerprint density at radius 3 is 2.42 bits per heavy atom. The standard InChI is InChI=1S/C18H22N4O2/c1-12-10-14(18(24)22-8-4-5-9-22)6-7-15(12)19-17(23)16-11-13(2)20-21(16)3/h6-7,10-11H,4-5,8-9H2,1-3H3,(H,19,23). The van der Waals surface area contributed by atoms with Crippen LogP contribution in [0.3, 0.4) is 0 Å². The highest BCUT2D eigenvalue weighted by Gasteiger charge is 2.20. The third-order valence-electron chi connectivity index (χ3n) is 4.35. The van der Waals surface area contributed by atoms with Gasteiger partial charge in [-0.1, -0.05) is 0 Å². The van der Waals surface area contributed by atoms with Gasteiger partial charge in [-0.15, -0.1) is 0 Å². The van der Waals surface area contributed by atoms with Crippen molar-refractivity contribution in [3.63, 3.8) is 0 Å². The molecule has 0 radical (unpaired) electrons. The maximum absolute atomic E-state index is 12.4. The Morgan fingerprint density at radius 2 is 1.83 bits per heavy atom. The number of anilines is 1. The van der Waals surface area contributed by atoms with E-state index in [1.54, 1.807) is 29.9 Å². The largest absolute Gasteiger partial charge is 0.339 e. The number of hydrogen-bond donors (Lipinski definition) is 1. The summed E-state index contributed by atoms with van der Waals surface area (Å²) in [5, 5.41) is 7.07. The minimum absolute atomic E-state index is 0.0655. The highest BCUT2D eigenvalue weighted by Crippen LogP contribution is 2.20. The topological polar surface area (TPSA) is 67.2 Å². The molecule has 2 aromatic rings. The molecular formula is C18H22N4O2. The number of carbonyl (C=O) groups excluding carboxylic acids is 2. The zero-order valence-corrected chi connectivity index (χ0v) is 14.3. The predicted molar refractivity (Wildman–Crippen MR) is 92.2 cm³/mol. The number of hydrogen-bond acceptors (Lipinski definition) is 3. The van der Waals surface area contributed by atoms with Gasteiger partial charge in [0.15, 0.2) is 0 Å². The minimum Gasteiger partial charge on any atom is -0.339 e. The first-order chi connectivity index (χ1) is 11.5. The molecule has 24 heavy (non-hydrogen) atoms. The molecule has 6 heteroatoms. The van der Waals surface area contributed by atoms with Crippen LogP contribution < -0.4 is 5.32 Å². The Labute approximate surface area is 141 Å². The average molecular weight is 326 g/mol. The zero-order valence-electron chi connectivity index (χ0n) is 14.3. The predicted octanol–water partition coefficient (Wildman–Crippen LogP) is 2.53. The van der Waals surface area contributed by atoms with Crippen LogP contribution in [0.4, 0.5) is 5.69 Å². The Morgan fingerprint density at radius 1 is 1.12 bits per heavy atom. The molecule has 6 nitrogen and oxygen atoms in total. The summed E-state index contributed by atoms with van der Waals surface area (Å²) in [4.78, 5) is 26.7. The van der Waals surface area contributed by atoms with Crippen LogP contribution in [-0.4, -0.2) is 39.6 Å². The van der Waals surface area contributed by atoms with Crippen LogP contribution in [0.5, 0.6) is 0 Å². The van der Waals surface area contributed by atoms with E-state index in [0.717, 1.165) is 37.2 Å². The van der Waals surface area contributed by atoms with Gasteiger partial charge < -0.3 is 10.2 Å². The fourth-order valence-electron chi connectivity index (χ4n) is 3.05. The van der Waals surface area contributed by atoms with Gasteiger partial charge in [0.25, 0.3) is 11.8 Å². The van der Waals surface area contributed by atoms with Crippen LogP contribution in [0.2, 0.25) is 0 Å². The number of aryl methyl sites for hydroxylation is 3. The highest BCUT2D eigenvalue weighted by atomic mass is 16.2. The molecule has 0 spiro atoms. The lowest BCUT2D eigenvalue weighted by molar-refractivity contribution is 0.0792. The van der Waals surface area contributed by atoms with Crippen molar-refractivity contribution in [1.82, 2.24) is 14.7 Å². The number of nitrogens with one attached hydrogen (secondary N) is 1. The molecule has 0 saturated carbocycles. The van der Waals surface area contributed by atoms with Crippen LogP contribution in [0.15, 0.2) is 24.3 Å². The second-order valence-corrected chi connectivity index (χ2v) is 6.28. The van der Waals surface area contributed by atoms with E-state index in [9.17, 15) is 9.59 Å². The van der Waals surface area contributed by atoms with Crippen molar-refractivity contribution in [2.24, 2.45) is 7.05 Å². The molecule has 3 rings (SSSR count). The molecule has 2 amide bonds. The first-order valence-electron chi connectivity index (χ1n) is 8.17. The Hall–Kier alpha value is -2.63. The molecule has 1 N–H and O–H groups in total. The first-order valence-corrected chi connectivity index (χ1v) is 8.17. The molecule has 0 aliphatic carbocycles. The third kappa shape index (κ3) is 3.18. The normalized spacial score (nSPS) is 14.0. The molecule has 1 fully saturated rings. The number of aromatic nitrogens is 2. The van der Waals surface area contributed by atoms with Gasteiger partial charge in [0.1, 0.15) is 5.69 Å². The van der Waals surface area contributed by atoms with Crippen molar-refractivity contribution in [3.05, 3.63) is 46.8 Å². The van der Waals surface area contributed by atoms with E-state index in [0.29, 0.717) is 16.9 Å². The Balaban J connectivity index is 1.76. The van der Waals surface area contributed by atoms with Gasteiger partial charge in [0, 0.05) is 31.4 Å². The lowest BCUT2D eigenvalue weighted by atomic mass is 10.1. The van der Waals surface area contributed by atoms with Gasteiger partial charge in [0.2, 0.25) is 0 Å². The summed E-state index contributed by atoms with van der Waals surface area (Å²) in [6, 6.07) is 7.15. The van der Waals surface area contributed by atoms with Gasteiger partial charge in [0.05, 0.1) is 5.69 Å². The summed E-state index contributed by atoms with van der Waals surface area (Å²) >= 11 is 0. The van der Waals surface area contributed by atoms with E-state index in [2.05, 4.69) is 10.4 Å². The third-order valence-corrected chi connectivity index (χ3v) is 4.35. The summed E-state index contributed by atoms with van der Waals surface area (Å²) in [5.41, 5.74) is 3.54. The van der Waals surface area contributed by atoms with Gasteiger partial charge in [-0.05, 0) is 56.5 Å². The Bertz CT molecular complexity index is 788. The molecule has 1 aliphatic heterocycles. The number of benzene rings is 1. The molecule has 0 bridgehead atoms. The maximum Gasteiger partial charge on any atom is 0.273 e. The number of carbonyl (C=O) groups is 2. The van der Waals surface area contributed by atoms with Crippen molar-refractivity contribution in [2.75, 3.05) is 18.4 Å². The van der Waals surface area contributed by atoms with Gasteiger partial charge >= 0.3 is 0 Å². The molecule has 126 valence electrons. The van der Waals surface area contributed by atoms with Crippen LogP contribution in [0.1, 0.15) is 44.9 Å². The smallest absolute Gasteiger partial charge is 0.273 e. The average Bonchev–Trinajstić information content (AvgIpc) is 3.18. The van der Waals surface area contributed by atoms with Crippen molar-refractivity contribution in [2.45, 2.75) is 26.7 Å². The lowest BCUT2D eigenvalue weighted by Gasteiger charge is -2.16. The number of nitrogens with zero attached hydrogens (tertiary/aromatic N) is 3. The van der Waals surface area contributed by atoms with Gasteiger partial charge in [-0.25, -0.2) is 0 Å². The van der Waals surface area contributed by atoms with Crippen molar-refractivity contribution < 1.29 is 9.59 Å². The summed E-state index contributed by atoms with van der Waals surface area (Å²) in [6.45, 7) is 5.40. The maximum atomic E-state index is 12.4. The molecule has 2 heterocycles. The fourth-order valence-corrected chi connectivity index (χ4v) is 3.05. The summed E-state index contributed by atoms with van der Waals surface area (Å²) in [6.07, 6.45) is 2.14. The van der Waals surface area contributed by atoms with E-state index in [1.807, 2.05) is 24.8 Å². The van der Waals surface area contributed by atoms with Crippen molar-refractivity contribution in [1.29, 1.82) is 0 Å². The number of likely N-dealkylation sites (tertiary alicyclic amines) is 1. The van der Waals surface area contributed by atoms with Gasteiger partial charge in [-0.3, -0.25) is 14.3 Å².